The number of hydrogen-bond donors (Lipinski definition) is 1. The minimum atomic E-state index is -0.321. The van der Waals surface area contributed by atoms with Crippen LogP contribution in [0.3, 0.4) is 0 Å². The lowest BCUT2D eigenvalue weighted by atomic mass is 10.0. The molecule has 0 saturated carbocycles. The van der Waals surface area contributed by atoms with Gasteiger partial charge in [-0.25, -0.2) is 4.39 Å². The number of benzene rings is 1. The molecule has 1 atom stereocenters. The first-order valence-electron chi connectivity index (χ1n) is 4.97. The zero-order valence-electron chi connectivity index (χ0n) is 9.01. The average Bonchev–Trinajstić information content (AvgIpc) is 2.69. The molecule has 1 aromatic carbocycles. The molecule has 2 aromatic rings. The van der Waals surface area contributed by atoms with Crippen molar-refractivity contribution < 1.29 is 4.39 Å². The minimum Gasteiger partial charge on any atom is -0.309 e. The molecule has 1 aromatic heterocycles. The van der Waals surface area contributed by atoms with Crippen LogP contribution in [-0.2, 0) is 0 Å². The van der Waals surface area contributed by atoms with Crippen LogP contribution in [0.4, 0.5) is 4.39 Å². The van der Waals surface area contributed by atoms with Crippen LogP contribution in [0.5, 0.6) is 0 Å². The van der Waals surface area contributed by atoms with E-state index in [-0.39, 0.29) is 11.9 Å². The predicted molar refractivity (Wildman–Crippen MR) is 74.3 cm³/mol. The minimum absolute atomic E-state index is 0.0382. The van der Waals surface area contributed by atoms with Crippen molar-refractivity contribution in [2.75, 3.05) is 7.05 Å². The van der Waals surface area contributed by atoms with Crippen LogP contribution in [0.1, 0.15) is 17.2 Å². The van der Waals surface area contributed by atoms with E-state index in [9.17, 15) is 4.39 Å². The Hall–Kier alpha value is -0.420. The highest BCUT2D eigenvalue weighted by Crippen LogP contribution is 2.34. The maximum Gasteiger partial charge on any atom is 0.124 e. The van der Waals surface area contributed by atoms with E-state index in [0.717, 1.165) is 15.6 Å². The van der Waals surface area contributed by atoms with Crippen molar-refractivity contribution in [2.45, 2.75) is 6.04 Å². The van der Waals surface area contributed by atoms with Gasteiger partial charge in [0, 0.05) is 14.9 Å². The van der Waals surface area contributed by atoms with Crippen LogP contribution in [0.15, 0.2) is 33.4 Å². The number of rotatable bonds is 3. The van der Waals surface area contributed by atoms with E-state index >= 15 is 0 Å². The summed E-state index contributed by atoms with van der Waals surface area (Å²) < 4.78 is 14.1. The fourth-order valence-electron chi connectivity index (χ4n) is 1.71. The number of hydrogen-bond acceptors (Lipinski definition) is 2. The van der Waals surface area contributed by atoms with Gasteiger partial charge in [0.25, 0.3) is 0 Å². The molecule has 90 valence electrons. The highest BCUT2D eigenvalue weighted by molar-refractivity contribution is 9.10. The highest BCUT2D eigenvalue weighted by atomic mass is 79.9. The molecule has 0 aliphatic rings. The fourth-order valence-corrected chi connectivity index (χ4v) is 3.54. The molecule has 1 heterocycles. The van der Waals surface area contributed by atoms with Gasteiger partial charge in [-0.3, -0.25) is 0 Å². The molecule has 0 radical (unpaired) electrons. The fraction of sp³-hybridized carbons (Fsp3) is 0.167. The summed E-state index contributed by atoms with van der Waals surface area (Å²) in [6.45, 7) is 0. The second-order valence-corrected chi connectivity index (χ2v) is 5.57. The summed E-state index contributed by atoms with van der Waals surface area (Å²) in [4.78, 5) is 0. The molecule has 0 aliphatic heterocycles. The quantitative estimate of drug-likeness (QED) is 0.864. The molecule has 0 spiro atoms. The summed E-state index contributed by atoms with van der Waals surface area (Å²) in [6.07, 6.45) is 0. The van der Waals surface area contributed by atoms with Gasteiger partial charge < -0.3 is 5.32 Å². The molecular formula is C12H10BrClFNS. The smallest absolute Gasteiger partial charge is 0.124 e. The third kappa shape index (κ3) is 2.71. The predicted octanol–water partition coefficient (Wildman–Crippen LogP) is 4.61. The van der Waals surface area contributed by atoms with Gasteiger partial charge >= 0.3 is 0 Å². The van der Waals surface area contributed by atoms with E-state index in [1.54, 1.807) is 17.4 Å². The summed E-state index contributed by atoms with van der Waals surface area (Å²) in [7, 11) is 1.86. The lowest BCUT2D eigenvalue weighted by Crippen LogP contribution is -2.17. The van der Waals surface area contributed by atoms with Crippen molar-refractivity contribution in [1.29, 1.82) is 0 Å². The summed E-state index contributed by atoms with van der Waals surface area (Å²) >= 11 is 11.2. The maximum absolute atomic E-state index is 13.0. The van der Waals surface area contributed by atoms with Crippen LogP contribution in [0, 0.1) is 5.82 Å². The second-order valence-electron chi connectivity index (χ2n) is 3.56. The van der Waals surface area contributed by atoms with Crippen LogP contribution < -0.4 is 5.32 Å². The maximum atomic E-state index is 13.0. The lowest BCUT2D eigenvalue weighted by Gasteiger charge is -2.17. The average molecular weight is 335 g/mol. The van der Waals surface area contributed by atoms with Crippen LogP contribution in [-0.4, -0.2) is 7.05 Å². The van der Waals surface area contributed by atoms with Gasteiger partial charge in [-0.1, -0.05) is 17.7 Å². The van der Waals surface area contributed by atoms with Gasteiger partial charge in [-0.05, 0) is 51.6 Å². The lowest BCUT2D eigenvalue weighted by molar-refractivity contribution is 0.623. The van der Waals surface area contributed by atoms with E-state index in [4.69, 9.17) is 11.6 Å². The molecule has 0 aliphatic carbocycles. The highest BCUT2D eigenvalue weighted by Gasteiger charge is 2.18. The number of nitrogens with one attached hydrogen (secondary N) is 1. The van der Waals surface area contributed by atoms with Crippen molar-refractivity contribution >= 4 is 38.9 Å². The van der Waals surface area contributed by atoms with Crippen molar-refractivity contribution in [2.24, 2.45) is 0 Å². The first-order valence-corrected chi connectivity index (χ1v) is 7.08. The van der Waals surface area contributed by atoms with Crippen LogP contribution in [0.25, 0.3) is 0 Å². The normalized spacial score (nSPS) is 12.7. The zero-order chi connectivity index (χ0) is 12.4. The first kappa shape index (κ1) is 13.0. The van der Waals surface area contributed by atoms with Crippen molar-refractivity contribution in [3.05, 3.63) is 55.4 Å². The molecule has 0 fully saturated rings. The Labute approximate surface area is 117 Å². The largest absolute Gasteiger partial charge is 0.309 e. The molecule has 1 N–H and O–H groups in total. The SMILES string of the molecule is CNC(c1ccc(F)cc1Cl)c1cscc1Br. The molecule has 2 rings (SSSR count). The van der Waals surface area contributed by atoms with Gasteiger partial charge in [0.05, 0.1) is 6.04 Å². The van der Waals surface area contributed by atoms with Gasteiger partial charge in [-0.15, -0.1) is 0 Å². The number of thiophene rings is 1. The van der Waals surface area contributed by atoms with E-state index < -0.39 is 0 Å². The molecular weight excluding hydrogens is 325 g/mol. The standard InChI is InChI=1S/C12H10BrClFNS/c1-16-12(9-5-17-6-10(9)13)8-3-2-7(15)4-11(8)14/h2-6,12,16H,1H3. The Morgan fingerprint density at radius 1 is 1.35 bits per heavy atom. The van der Waals surface area contributed by atoms with Crippen LogP contribution in [0.2, 0.25) is 5.02 Å². The monoisotopic (exact) mass is 333 g/mol. The van der Waals surface area contributed by atoms with E-state index in [0.29, 0.717) is 5.02 Å². The first-order chi connectivity index (χ1) is 8.13. The van der Waals surface area contributed by atoms with Crippen molar-refractivity contribution in [1.82, 2.24) is 5.32 Å². The topological polar surface area (TPSA) is 12.0 Å². The Kier molecular flexibility index (Phi) is 4.20. The zero-order valence-corrected chi connectivity index (χ0v) is 12.2. The van der Waals surface area contributed by atoms with Crippen molar-refractivity contribution in [3.8, 4) is 0 Å². The number of halogens is 3. The summed E-state index contributed by atoms with van der Waals surface area (Å²) in [5, 5.41) is 7.68. The van der Waals surface area contributed by atoms with Crippen LogP contribution >= 0.6 is 38.9 Å². The van der Waals surface area contributed by atoms with E-state index in [1.807, 2.05) is 17.8 Å². The van der Waals surface area contributed by atoms with Gasteiger partial charge in [0.2, 0.25) is 0 Å². The Morgan fingerprint density at radius 2 is 2.12 bits per heavy atom. The Bertz CT molecular complexity index is 529. The molecule has 0 amide bonds. The van der Waals surface area contributed by atoms with E-state index in [1.165, 1.54) is 12.1 Å². The summed E-state index contributed by atoms with van der Waals surface area (Å²) in [5.41, 5.74) is 1.97. The third-order valence-electron chi connectivity index (χ3n) is 2.52. The summed E-state index contributed by atoms with van der Waals surface area (Å²) in [5.74, 6) is -0.321. The Balaban J connectivity index is 2.46. The summed E-state index contributed by atoms with van der Waals surface area (Å²) in [6, 6.07) is 4.43. The molecule has 0 bridgehead atoms. The molecule has 1 nitrogen and oxygen atoms in total. The molecule has 5 heteroatoms. The van der Waals surface area contributed by atoms with Crippen molar-refractivity contribution in [3.63, 3.8) is 0 Å². The molecule has 0 saturated heterocycles. The third-order valence-corrected chi connectivity index (χ3v) is 4.59. The van der Waals surface area contributed by atoms with Gasteiger partial charge in [-0.2, -0.15) is 11.3 Å². The Morgan fingerprint density at radius 3 is 2.65 bits per heavy atom. The molecule has 17 heavy (non-hydrogen) atoms. The van der Waals surface area contributed by atoms with Gasteiger partial charge in [0.1, 0.15) is 5.82 Å². The molecule has 1 unspecified atom stereocenters. The second kappa shape index (κ2) is 5.48. The van der Waals surface area contributed by atoms with E-state index in [2.05, 4.69) is 21.2 Å². The van der Waals surface area contributed by atoms with Gasteiger partial charge in [0.15, 0.2) is 0 Å².